The van der Waals surface area contributed by atoms with Crippen LogP contribution in [0, 0.1) is 25.3 Å². The third kappa shape index (κ3) is 2.03. The van der Waals surface area contributed by atoms with E-state index in [1.807, 2.05) is 20.0 Å². The largest absolute Gasteiger partial charge is 0.332 e. The maximum Gasteiger partial charge on any atom is 0.276 e. The van der Waals surface area contributed by atoms with E-state index in [9.17, 15) is 4.79 Å². The lowest BCUT2D eigenvalue weighted by Crippen LogP contribution is -2.45. The van der Waals surface area contributed by atoms with Crippen LogP contribution in [0.2, 0.25) is 0 Å². The second kappa shape index (κ2) is 5.12. The molecule has 128 valence electrons. The maximum atomic E-state index is 12.4. The summed E-state index contributed by atoms with van der Waals surface area (Å²) in [6.07, 6.45) is 3.49. The number of aromatic nitrogens is 4. The number of ketones is 1. The van der Waals surface area contributed by atoms with Crippen LogP contribution in [-0.4, -0.2) is 25.7 Å². The summed E-state index contributed by atoms with van der Waals surface area (Å²) in [4.78, 5) is 20.2. The van der Waals surface area contributed by atoms with Gasteiger partial charge in [-0.1, -0.05) is 25.1 Å². The van der Waals surface area contributed by atoms with Crippen LogP contribution in [0.4, 0.5) is 0 Å². The summed E-state index contributed by atoms with van der Waals surface area (Å²) >= 11 is 0. The van der Waals surface area contributed by atoms with Crippen molar-refractivity contribution in [3.63, 3.8) is 0 Å². The number of nitrogens with zero attached hydrogens (tertiary/aromatic N) is 5. The van der Waals surface area contributed by atoms with Gasteiger partial charge in [-0.05, 0) is 25.7 Å². The summed E-state index contributed by atoms with van der Waals surface area (Å²) in [5, 5.41) is 8.64. The lowest BCUT2D eigenvalue weighted by atomic mass is 9.58. The molecule has 0 spiro atoms. The Bertz CT molecular complexity index is 961. The van der Waals surface area contributed by atoms with Crippen molar-refractivity contribution in [2.24, 2.45) is 18.9 Å². The average Bonchev–Trinajstić information content (AvgIpc) is 3.14. The summed E-state index contributed by atoms with van der Waals surface area (Å²) in [6, 6.07) is 0. The van der Waals surface area contributed by atoms with Gasteiger partial charge >= 0.3 is 0 Å². The number of fused-ring (bicyclic) bond motifs is 3. The second-order valence-corrected chi connectivity index (χ2v) is 7.17. The summed E-state index contributed by atoms with van der Waals surface area (Å²) in [5.41, 5.74) is 2.61. The molecule has 0 amide bonds. The molecule has 0 unspecified atom stereocenters. The normalized spacial score (nSPS) is 28.1. The number of hydrogen-bond donors (Lipinski definition) is 0. The first-order valence-electron chi connectivity index (χ1n) is 8.38. The highest BCUT2D eigenvalue weighted by Gasteiger charge is 2.50. The SMILES string of the molecule is [C-]#[N+]C1=C[C@]2(C)c3nn(C)c(-c4nc(C)no4)c3CC[C@H]2[C@H](C)C1=O. The predicted molar refractivity (Wildman–Crippen MR) is 89.3 cm³/mol. The number of Topliss-reactive ketones (excluding diaryl/α,β-unsaturated/α-hetero) is 1. The fourth-order valence-corrected chi connectivity index (χ4v) is 4.48. The van der Waals surface area contributed by atoms with E-state index in [-0.39, 0.29) is 23.3 Å². The molecule has 25 heavy (non-hydrogen) atoms. The van der Waals surface area contributed by atoms with E-state index in [1.54, 1.807) is 11.6 Å². The van der Waals surface area contributed by atoms with Crippen LogP contribution in [0.1, 0.15) is 37.4 Å². The first kappa shape index (κ1) is 15.8. The maximum absolute atomic E-state index is 12.4. The summed E-state index contributed by atoms with van der Waals surface area (Å²) in [7, 11) is 1.86. The van der Waals surface area contributed by atoms with Gasteiger partial charge in [0.25, 0.3) is 5.89 Å². The lowest BCUT2D eigenvalue weighted by Gasteiger charge is -2.44. The van der Waals surface area contributed by atoms with Crippen molar-refractivity contribution < 1.29 is 9.32 Å². The van der Waals surface area contributed by atoms with E-state index in [4.69, 9.17) is 16.2 Å². The highest BCUT2D eigenvalue weighted by atomic mass is 16.5. The number of rotatable bonds is 1. The Morgan fingerprint density at radius 1 is 1.48 bits per heavy atom. The van der Waals surface area contributed by atoms with E-state index in [0.717, 1.165) is 29.8 Å². The molecule has 2 aliphatic carbocycles. The van der Waals surface area contributed by atoms with Gasteiger partial charge in [0.2, 0.25) is 5.70 Å². The molecule has 7 nitrogen and oxygen atoms in total. The Morgan fingerprint density at radius 3 is 2.88 bits per heavy atom. The van der Waals surface area contributed by atoms with Crippen LogP contribution in [0.5, 0.6) is 0 Å². The quantitative estimate of drug-likeness (QED) is 0.748. The van der Waals surface area contributed by atoms with E-state index in [2.05, 4.69) is 21.9 Å². The number of aryl methyl sites for hydroxylation is 2. The highest BCUT2D eigenvalue weighted by Crippen LogP contribution is 2.51. The molecule has 0 saturated heterocycles. The smallest absolute Gasteiger partial charge is 0.276 e. The van der Waals surface area contributed by atoms with Crippen LogP contribution < -0.4 is 0 Å². The Balaban J connectivity index is 1.94. The van der Waals surface area contributed by atoms with Crippen LogP contribution in [0.3, 0.4) is 0 Å². The Hall–Kier alpha value is -2.75. The molecule has 2 aliphatic rings. The van der Waals surface area contributed by atoms with Crippen molar-refractivity contribution in [3.05, 3.63) is 40.3 Å². The number of hydrogen-bond acceptors (Lipinski definition) is 5. The van der Waals surface area contributed by atoms with E-state index >= 15 is 0 Å². The van der Waals surface area contributed by atoms with E-state index in [0.29, 0.717) is 11.7 Å². The molecule has 0 saturated carbocycles. The van der Waals surface area contributed by atoms with Gasteiger partial charge in [-0.25, -0.2) is 4.85 Å². The molecule has 2 aromatic rings. The molecule has 2 aromatic heterocycles. The van der Waals surface area contributed by atoms with E-state index < -0.39 is 5.41 Å². The number of carbonyl (C=O) groups is 1. The number of carbonyl (C=O) groups excluding carboxylic acids is 1. The number of allylic oxidation sites excluding steroid dienone is 2. The van der Waals surface area contributed by atoms with Crippen molar-refractivity contribution in [2.45, 2.75) is 39.0 Å². The first-order valence-corrected chi connectivity index (χ1v) is 8.38. The van der Waals surface area contributed by atoms with Gasteiger partial charge in [0.05, 0.1) is 12.3 Å². The highest BCUT2D eigenvalue weighted by molar-refractivity contribution is 6.00. The topological polar surface area (TPSA) is 78.2 Å². The Morgan fingerprint density at radius 2 is 2.24 bits per heavy atom. The summed E-state index contributed by atoms with van der Waals surface area (Å²) < 4.78 is 7.14. The first-order chi connectivity index (χ1) is 11.9. The monoisotopic (exact) mass is 337 g/mol. The zero-order valence-corrected chi connectivity index (χ0v) is 14.7. The molecule has 0 aliphatic heterocycles. The third-order valence-electron chi connectivity index (χ3n) is 5.69. The van der Waals surface area contributed by atoms with Crippen LogP contribution in [0.15, 0.2) is 16.3 Å². The molecular formula is C18H19N5O2. The zero-order chi connectivity index (χ0) is 17.9. The van der Waals surface area contributed by atoms with Crippen molar-refractivity contribution >= 4 is 5.78 Å². The molecule has 4 rings (SSSR count). The Labute approximate surface area is 145 Å². The Kier molecular flexibility index (Phi) is 3.23. The van der Waals surface area contributed by atoms with Crippen molar-refractivity contribution in [3.8, 4) is 11.6 Å². The van der Waals surface area contributed by atoms with Crippen molar-refractivity contribution in [1.29, 1.82) is 0 Å². The zero-order valence-electron chi connectivity index (χ0n) is 14.7. The van der Waals surface area contributed by atoms with E-state index in [1.165, 1.54) is 0 Å². The fourth-order valence-electron chi connectivity index (χ4n) is 4.48. The summed E-state index contributed by atoms with van der Waals surface area (Å²) in [6.45, 7) is 13.2. The molecular weight excluding hydrogens is 318 g/mol. The van der Waals surface area contributed by atoms with Crippen LogP contribution in [0.25, 0.3) is 16.4 Å². The molecule has 7 heteroatoms. The summed E-state index contributed by atoms with van der Waals surface area (Å²) in [5.74, 6) is 0.958. The van der Waals surface area contributed by atoms with Gasteiger partial charge in [0.15, 0.2) is 11.6 Å². The van der Waals surface area contributed by atoms with Gasteiger partial charge in [0, 0.05) is 23.9 Å². The van der Waals surface area contributed by atoms with Gasteiger partial charge < -0.3 is 9.32 Å². The predicted octanol–water partition coefficient (Wildman–Crippen LogP) is 2.62. The van der Waals surface area contributed by atoms with Crippen molar-refractivity contribution in [2.75, 3.05) is 0 Å². The minimum Gasteiger partial charge on any atom is -0.332 e. The molecule has 3 atom stereocenters. The second-order valence-electron chi connectivity index (χ2n) is 7.17. The average molecular weight is 337 g/mol. The minimum absolute atomic E-state index is 0.0513. The molecule has 0 N–H and O–H groups in total. The molecule has 0 aromatic carbocycles. The molecule has 0 radical (unpaired) electrons. The minimum atomic E-state index is -0.439. The van der Waals surface area contributed by atoms with Crippen LogP contribution >= 0.6 is 0 Å². The third-order valence-corrected chi connectivity index (χ3v) is 5.69. The molecule has 0 fully saturated rings. The fraction of sp³-hybridized carbons (Fsp3) is 0.500. The van der Waals surface area contributed by atoms with Gasteiger partial charge in [-0.3, -0.25) is 4.68 Å². The lowest BCUT2D eigenvalue weighted by molar-refractivity contribution is -0.121. The van der Waals surface area contributed by atoms with Gasteiger partial charge in [-0.15, -0.1) is 0 Å². The van der Waals surface area contributed by atoms with Crippen LogP contribution in [-0.2, 0) is 23.7 Å². The standard InChI is InChI=1S/C18H19N5O2/c1-9-12-7-6-11-14(17-20-10(2)22-25-17)23(5)21-16(11)18(12,3)8-13(19-4)15(9)24/h8-9,12H,6-7H2,1-3,5H3/t9-,12-,18-/m0/s1. The van der Waals surface area contributed by atoms with Crippen molar-refractivity contribution in [1.82, 2.24) is 19.9 Å². The molecule has 0 bridgehead atoms. The van der Waals surface area contributed by atoms with Gasteiger partial charge in [0.1, 0.15) is 5.69 Å². The molecule has 2 heterocycles. The van der Waals surface area contributed by atoms with Gasteiger partial charge in [-0.2, -0.15) is 10.1 Å².